The van der Waals surface area contributed by atoms with Crippen LogP contribution in [-0.4, -0.2) is 5.97 Å². The molecule has 0 N–H and O–H groups in total. The summed E-state index contributed by atoms with van der Waals surface area (Å²) in [5.41, 5.74) is 1.92. The predicted octanol–water partition coefficient (Wildman–Crippen LogP) is 4.66. The van der Waals surface area contributed by atoms with Crippen LogP contribution < -0.4 is 10.2 Å². The van der Waals surface area contributed by atoms with Crippen LogP contribution in [0.15, 0.2) is 45.6 Å². The van der Waals surface area contributed by atoms with Gasteiger partial charge in [-0.3, -0.25) is 9.59 Å². The summed E-state index contributed by atoms with van der Waals surface area (Å²) in [6.45, 7) is 4.79. The van der Waals surface area contributed by atoms with Crippen molar-refractivity contribution in [2.24, 2.45) is 0 Å². The molecule has 0 spiro atoms. The molecule has 1 aromatic heterocycles. The minimum atomic E-state index is -0.427. The van der Waals surface area contributed by atoms with Gasteiger partial charge in [0.15, 0.2) is 0 Å². The van der Waals surface area contributed by atoms with Crippen LogP contribution in [0, 0.1) is 13.8 Å². The number of ether oxygens (including phenoxy) is 1. The van der Waals surface area contributed by atoms with E-state index < -0.39 is 5.97 Å². The maximum atomic E-state index is 13.0. The second kappa shape index (κ2) is 6.13. The molecule has 1 heterocycles. The van der Waals surface area contributed by atoms with Gasteiger partial charge in [0.05, 0.1) is 10.9 Å². The van der Waals surface area contributed by atoms with Crippen molar-refractivity contribution < 1.29 is 13.9 Å². The molecule has 0 saturated carbocycles. The Balaban J connectivity index is 2.32. The lowest BCUT2D eigenvalue weighted by molar-refractivity contribution is -0.131. The van der Waals surface area contributed by atoms with E-state index in [2.05, 4.69) is 0 Å². The topological polar surface area (TPSA) is 56.5 Å². The molecule has 0 aliphatic heterocycles. The number of benzene rings is 2. The molecule has 0 unspecified atom stereocenters. The van der Waals surface area contributed by atoms with E-state index in [4.69, 9.17) is 20.8 Å². The van der Waals surface area contributed by atoms with Crippen molar-refractivity contribution in [2.45, 2.75) is 20.8 Å². The highest BCUT2D eigenvalue weighted by molar-refractivity contribution is 6.33. The zero-order valence-electron chi connectivity index (χ0n) is 13.5. The Labute approximate surface area is 143 Å². The van der Waals surface area contributed by atoms with Crippen LogP contribution in [0.3, 0.4) is 0 Å². The maximum Gasteiger partial charge on any atom is 0.308 e. The normalized spacial score (nSPS) is 10.8. The smallest absolute Gasteiger partial charge is 0.308 e. The fourth-order valence-electron chi connectivity index (χ4n) is 2.72. The molecule has 2 aromatic carbocycles. The van der Waals surface area contributed by atoms with Gasteiger partial charge < -0.3 is 9.15 Å². The van der Waals surface area contributed by atoms with Gasteiger partial charge in [-0.2, -0.15) is 0 Å². The third-order valence-electron chi connectivity index (χ3n) is 3.83. The van der Waals surface area contributed by atoms with E-state index in [9.17, 15) is 9.59 Å². The summed E-state index contributed by atoms with van der Waals surface area (Å²) in [6, 6.07) is 10.3. The average Bonchev–Trinajstić information content (AvgIpc) is 2.52. The van der Waals surface area contributed by atoms with E-state index in [1.54, 1.807) is 44.2 Å². The Kier molecular flexibility index (Phi) is 4.16. The molecule has 0 amide bonds. The fraction of sp³-hybridized carbons (Fsp3) is 0.158. The number of esters is 1. The van der Waals surface area contributed by atoms with Crippen molar-refractivity contribution in [3.63, 3.8) is 0 Å². The van der Waals surface area contributed by atoms with Gasteiger partial charge in [0, 0.05) is 23.1 Å². The molecule has 0 aliphatic carbocycles. The number of carbonyl (C=O) groups is 1. The summed E-state index contributed by atoms with van der Waals surface area (Å²) in [6.07, 6.45) is 0. The molecule has 24 heavy (non-hydrogen) atoms. The molecule has 0 atom stereocenters. The first-order chi connectivity index (χ1) is 11.4. The minimum absolute atomic E-state index is 0.167. The van der Waals surface area contributed by atoms with E-state index in [0.29, 0.717) is 44.2 Å². The molecule has 122 valence electrons. The number of hydrogen-bond acceptors (Lipinski definition) is 4. The highest BCUT2D eigenvalue weighted by Gasteiger charge is 2.18. The maximum absolute atomic E-state index is 13.0. The highest BCUT2D eigenvalue weighted by Crippen LogP contribution is 2.32. The molecule has 0 bridgehead atoms. The van der Waals surface area contributed by atoms with Gasteiger partial charge in [-0.1, -0.05) is 29.8 Å². The van der Waals surface area contributed by atoms with Crippen LogP contribution in [0.25, 0.3) is 22.1 Å². The standard InChI is InChI=1S/C19H15ClO4/c1-10-16(24-12(3)21)9-8-14-18(22)17(11(2)23-19(10)14)13-6-4-5-7-15(13)20/h4-9H,1-3H3. The van der Waals surface area contributed by atoms with E-state index in [1.807, 2.05) is 6.07 Å². The van der Waals surface area contributed by atoms with Gasteiger partial charge in [0.2, 0.25) is 5.43 Å². The number of fused-ring (bicyclic) bond motifs is 1. The third-order valence-corrected chi connectivity index (χ3v) is 4.16. The van der Waals surface area contributed by atoms with Gasteiger partial charge in [-0.15, -0.1) is 0 Å². The Morgan fingerprint density at radius 3 is 2.50 bits per heavy atom. The van der Waals surface area contributed by atoms with E-state index >= 15 is 0 Å². The quantitative estimate of drug-likeness (QED) is 0.502. The van der Waals surface area contributed by atoms with Crippen LogP contribution in [0.5, 0.6) is 5.75 Å². The lowest BCUT2D eigenvalue weighted by atomic mass is 10.0. The zero-order chi connectivity index (χ0) is 17.4. The van der Waals surface area contributed by atoms with Crippen LogP contribution in [-0.2, 0) is 4.79 Å². The van der Waals surface area contributed by atoms with Crippen molar-refractivity contribution in [3.8, 4) is 16.9 Å². The molecular formula is C19H15ClO4. The van der Waals surface area contributed by atoms with Crippen LogP contribution in [0.1, 0.15) is 18.2 Å². The summed E-state index contributed by atoms with van der Waals surface area (Å²) in [5.74, 6) is 0.413. The van der Waals surface area contributed by atoms with Crippen LogP contribution in [0.2, 0.25) is 5.02 Å². The van der Waals surface area contributed by atoms with Crippen LogP contribution >= 0.6 is 11.6 Å². The molecule has 0 radical (unpaired) electrons. The first-order valence-corrected chi connectivity index (χ1v) is 7.78. The lowest BCUT2D eigenvalue weighted by Gasteiger charge is -2.12. The van der Waals surface area contributed by atoms with Crippen molar-refractivity contribution in [1.82, 2.24) is 0 Å². The van der Waals surface area contributed by atoms with Gasteiger partial charge in [0.25, 0.3) is 0 Å². The molecule has 0 saturated heterocycles. The second-order valence-corrected chi connectivity index (χ2v) is 5.91. The second-order valence-electron chi connectivity index (χ2n) is 5.50. The van der Waals surface area contributed by atoms with Crippen molar-refractivity contribution in [3.05, 3.63) is 63.0 Å². The van der Waals surface area contributed by atoms with Crippen LogP contribution in [0.4, 0.5) is 0 Å². The number of carbonyl (C=O) groups excluding carboxylic acids is 1. The molecule has 4 nitrogen and oxygen atoms in total. The summed E-state index contributed by atoms with van der Waals surface area (Å²) < 4.78 is 11.0. The van der Waals surface area contributed by atoms with Crippen molar-refractivity contribution in [1.29, 1.82) is 0 Å². The van der Waals surface area contributed by atoms with Crippen molar-refractivity contribution in [2.75, 3.05) is 0 Å². The SMILES string of the molecule is CC(=O)Oc1ccc2c(=O)c(-c3ccccc3Cl)c(C)oc2c1C. The Morgan fingerprint density at radius 1 is 1.12 bits per heavy atom. The minimum Gasteiger partial charge on any atom is -0.460 e. The monoisotopic (exact) mass is 342 g/mol. The van der Waals surface area contributed by atoms with Gasteiger partial charge in [-0.05, 0) is 32.0 Å². The van der Waals surface area contributed by atoms with Gasteiger partial charge in [0.1, 0.15) is 17.1 Å². The predicted molar refractivity (Wildman–Crippen MR) is 93.7 cm³/mol. The molecular weight excluding hydrogens is 328 g/mol. The Morgan fingerprint density at radius 2 is 1.83 bits per heavy atom. The largest absolute Gasteiger partial charge is 0.460 e. The molecule has 0 fully saturated rings. The number of halogens is 1. The van der Waals surface area contributed by atoms with Crippen molar-refractivity contribution >= 4 is 28.5 Å². The molecule has 3 rings (SSSR count). The Hall–Kier alpha value is -2.59. The summed E-state index contributed by atoms with van der Waals surface area (Å²) in [7, 11) is 0. The Bertz CT molecular complexity index is 1020. The average molecular weight is 343 g/mol. The van der Waals surface area contributed by atoms with E-state index in [-0.39, 0.29) is 5.43 Å². The van der Waals surface area contributed by atoms with E-state index in [1.165, 1.54) is 6.92 Å². The summed E-state index contributed by atoms with van der Waals surface area (Å²) >= 11 is 6.23. The molecule has 3 aromatic rings. The summed E-state index contributed by atoms with van der Waals surface area (Å²) in [4.78, 5) is 24.1. The molecule has 5 heteroatoms. The number of hydrogen-bond donors (Lipinski definition) is 0. The lowest BCUT2D eigenvalue weighted by Crippen LogP contribution is -2.09. The highest BCUT2D eigenvalue weighted by atomic mass is 35.5. The van der Waals surface area contributed by atoms with Gasteiger partial charge in [-0.25, -0.2) is 0 Å². The summed E-state index contributed by atoms with van der Waals surface area (Å²) in [5, 5.41) is 0.907. The zero-order valence-corrected chi connectivity index (χ0v) is 14.2. The number of rotatable bonds is 2. The van der Waals surface area contributed by atoms with E-state index in [0.717, 1.165) is 0 Å². The first kappa shape index (κ1) is 16.3. The third kappa shape index (κ3) is 2.69. The first-order valence-electron chi connectivity index (χ1n) is 7.40. The molecule has 0 aliphatic rings. The van der Waals surface area contributed by atoms with Gasteiger partial charge >= 0.3 is 5.97 Å². The fourth-order valence-corrected chi connectivity index (χ4v) is 2.95. The number of aryl methyl sites for hydroxylation is 2.